The molecule has 0 saturated heterocycles. The third kappa shape index (κ3) is 2.20. The van der Waals surface area contributed by atoms with Crippen molar-refractivity contribution >= 4 is 10.0 Å². The monoisotopic (exact) mass is 191 g/mol. The molecule has 1 aliphatic carbocycles. The second-order valence-electron chi connectivity index (χ2n) is 3.48. The Morgan fingerprint density at radius 2 is 2.00 bits per heavy atom. The van der Waals surface area contributed by atoms with E-state index in [1.54, 1.807) is 14.0 Å². The van der Waals surface area contributed by atoms with E-state index in [-0.39, 0.29) is 5.75 Å². The van der Waals surface area contributed by atoms with Gasteiger partial charge in [0.05, 0.1) is 5.75 Å². The van der Waals surface area contributed by atoms with E-state index in [2.05, 4.69) is 0 Å². The smallest absolute Gasteiger partial charge is 0.212 e. The van der Waals surface area contributed by atoms with Crippen LogP contribution in [0.4, 0.5) is 0 Å². The predicted octanol–water partition coefficient (Wildman–Crippen LogP) is 1.07. The highest BCUT2D eigenvalue weighted by molar-refractivity contribution is 7.89. The van der Waals surface area contributed by atoms with Crippen molar-refractivity contribution in [2.24, 2.45) is 5.92 Å². The van der Waals surface area contributed by atoms with Crippen molar-refractivity contribution < 1.29 is 8.42 Å². The molecule has 1 rings (SSSR count). The highest BCUT2D eigenvalue weighted by Gasteiger charge is 2.23. The third-order valence-electron chi connectivity index (χ3n) is 2.58. The summed E-state index contributed by atoms with van der Waals surface area (Å²) < 4.78 is 24.1. The Morgan fingerprint density at radius 3 is 2.33 bits per heavy atom. The lowest BCUT2D eigenvalue weighted by Crippen LogP contribution is -2.35. The van der Waals surface area contributed by atoms with E-state index >= 15 is 0 Å². The van der Waals surface area contributed by atoms with E-state index in [1.807, 2.05) is 0 Å². The zero-order valence-electron chi connectivity index (χ0n) is 7.78. The molecule has 12 heavy (non-hydrogen) atoms. The maximum absolute atomic E-state index is 11.3. The molecule has 0 radical (unpaired) electrons. The summed E-state index contributed by atoms with van der Waals surface area (Å²) in [6.45, 7) is 2.41. The van der Waals surface area contributed by atoms with Crippen molar-refractivity contribution in [3.8, 4) is 0 Å². The van der Waals surface area contributed by atoms with Crippen LogP contribution in [0.5, 0.6) is 0 Å². The van der Waals surface area contributed by atoms with Crippen LogP contribution in [0.1, 0.15) is 26.2 Å². The van der Waals surface area contributed by atoms with Gasteiger partial charge in [0.25, 0.3) is 0 Å². The Kier molecular flexibility index (Phi) is 3.12. The van der Waals surface area contributed by atoms with Crippen LogP contribution in [-0.2, 0) is 10.0 Å². The minimum Gasteiger partial charge on any atom is -0.212 e. The van der Waals surface area contributed by atoms with Gasteiger partial charge >= 0.3 is 0 Å². The van der Waals surface area contributed by atoms with Crippen LogP contribution in [0.2, 0.25) is 0 Å². The normalized spacial score (nSPS) is 19.6. The zero-order valence-corrected chi connectivity index (χ0v) is 8.60. The molecule has 1 saturated carbocycles. The van der Waals surface area contributed by atoms with Crippen molar-refractivity contribution in [1.82, 2.24) is 4.31 Å². The van der Waals surface area contributed by atoms with Gasteiger partial charge in [-0.3, -0.25) is 0 Å². The molecule has 0 heterocycles. The molecule has 0 N–H and O–H groups in total. The summed E-state index contributed by atoms with van der Waals surface area (Å²) in [4.78, 5) is 0. The van der Waals surface area contributed by atoms with Crippen molar-refractivity contribution in [3.63, 3.8) is 0 Å². The Bertz CT molecular complexity index is 231. The van der Waals surface area contributed by atoms with Crippen LogP contribution in [0, 0.1) is 5.92 Å². The number of nitrogens with zero attached hydrogens (tertiary/aromatic N) is 1. The van der Waals surface area contributed by atoms with Crippen molar-refractivity contribution in [2.75, 3.05) is 19.3 Å². The van der Waals surface area contributed by atoms with E-state index in [0.717, 1.165) is 6.54 Å². The Balaban J connectivity index is 2.41. The topological polar surface area (TPSA) is 37.4 Å². The third-order valence-corrected chi connectivity index (χ3v) is 4.41. The first-order valence-electron chi connectivity index (χ1n) is 4.50. The fourth-order valence-corrected chi connectivity index (χ4v) is 2.25. The van der Waals surface area contributed by atoms with Gasteiger partial charge in [-0.25, -0.2) is 12.7 Å². The molecule has 0 spiro atoms. The highest BCUT2D eigenvalue weighted by atomic mass is 32.2. The van der Waals surface area contributed by atoms with E-state index < -0.39 is 10.0 Å². The van der Waals surface area contributed by atoms with Gasteiger partial charge in [0.15, 0.2) is 0 Å². The zero-order chi connectivity index (χ0) is 9.19. The summed E-state index contributed by atoms with van der Waals surface area (Å²) in [5, 5.41) is 0. The minimum absolute atomic E-state index is 0.218. The second kappa shape index (κ2) is 3.75. The maximum atomic E-state index is 11.3. The van der Waals surface area contributed by atoms with Crippen molar-refractivity contribution in [1.29, 1.82) is 0 Å². The van der Waals surface area contributed by atoms with Gasteiger partial charge < -0.3 is 0 Å². The number of hydrogen-bond acceptors (Lipinski definition) is 2. The summed E-state index contributed by atoms with van der Waals surface area (Å²) in [6.07, 6.45) is 3.66. The average Bonchev–Trinajstić information content (AvgIpc) is 1.96. The van der Waals surface area contributed by atoms with Gasteiger partial charge in [0, 0.05) is 13.6 Å². The summed E-state index contributed by atoms with van der Waals surface area (Å²) in [7, 11) is -1.26. The van der Waals surface area contributed by atoms with Gasteiger partial charge in [0.1, 0.15) is 0 Å². The van der Waals surface area contributed by atoms with E-state index in [0.29, 0.717) is 5.92 Å². The quantitative estimate of drug-likeness (QED) is 0.666. The molecule has 0 amide bonds. The van der Waals surface area contributed by atoms with Crippen LogP contribution < -0.4 is 0 Å². The number of sulfonamides is 1. The van der Waals surface area contributed by atoms with Gasteiger partial charge in [-0.2, -0.15) is 0 Å². The van der Waals surface area contributed by atoms with Gasteiger partial charge in [-0.05, 0) is 25.7 Å². The molecule has 1 aliphatic rings. The molecule has 4 heteroatoms. The molecular formula is C8H17NO2S. The van der Waals surface area contributed by atoms with E-state index in [9.17, 15) is 8.42 Å². The molecule has 0 unspecified atom stereocenters. The standard InChI is InChI=1S/C8H17NO2S/c1-3-12(10,11)9(2)7-8-5-4-6-8/h8H,3-7H2,1-2H3. The van der Waals surface area contributed by atoms with Crippen LogP contribution in [0.15, 0.2) is 0 Å². The molecule has 0 aromatic heterocycles. The Labute approximate surface area is 74.8 Å². The van der Waals surface area contributed by atoms with Gasteiger partial charge in [-0.15, -0.1) is 0 Å². The predicted molar refractivity (Wildman–Crippen MR) is 49.4 cm³/mol. The van der Waals surface area contributed by atoms with Crippen LogP contribution in [-0.4, -0.2) is 32.1 Å². The SMILES string of the molecule is CCS(=O)(=O)N(C)CC1CCC1. The van der Waals surface area contributed by atoms with Crippen molar-refractivity contribution in [3.05, 3.63) is 0 Å². The number of rotatable bonds is 4. The lowest BCUT2D eigenvalue weighted by atomic mass is 9.86. The summed E-state index contributed by atoms with van der Waals surface area (Å²) in [5.74, 6) is 0.840. The highest BCUT2D eigenvalue weighted by Crippen LogP contribution is 2.27. The summed E-state index contributed by atoms with van der Waals surface area (Å²) >= 11 is 0. The van der Waals surface area contributed by atoms with Gasteiger partial charge in [-0.1, -0.05) is 6.42 Å². The maximum Gasteiger partial charge on any atom is 0.213 e. The minimum atomic E-state index is -2.94. The molecule has 0 aromatic carbocycles. The first-order chi connectivity index (χ1) is 5.56. The fourth-order valence-electron chi connectivity index (χ4n) is 1.37. The number of hydrogen-bond donors (Lipinski definition) is 0. The first-order valence-corrected chi connectivity index (χ1v) is 6.11. The lowest BCUT2D eigenvalue weighted by molar-refractivity contribution is 0.263. The van der Waals surface area contributed by atoms with E-state index in [1.165, 1.54) is 23.6 Å². The second-order valence-corrected chi connectivity index (χ2v) is 5.84. The lowest BCUT2D eigenvalue weighted by Gasteiger charge is -2.29. The molecule has 1 fully saturated rings. The molecule has 0 aromatic rings. The fraction of sp³-hybridized carbons (Fsp3) is 1.00. The summed E-state index contributed by atoms with van der Waals surface area (Å²) in [6, 6.07) is 0. The molecular weight excluding hydrogens is 174 g/mol. The largest absolute Gasteiger partial charge is 0.213 e. The molecule has 3 nitrogen and oxygen atoms in total. The average molecular weight is 191 g/mol. The Hall–Kier alpha value is -0.0900. The van der Waals surface area contributed by atoms with Crippen LogP contribution >= 0.6 is 0 Å². The van der Waals surface area contributed by atoms with Crippen LogP contribution in [0.3, 0.4) is 0 Å². The van der Waals surface area contributed by atoms with Crippen molar-refractivity contribution in [2.45, 2.75) is 26.2 Å². The Morgan fingerprint density at radius 1 is 1.42 bits per heavy atom. The molecule has 0 atom stereocenters. The first kappa shape index (κ1) is 9.99. The molecule has 72 valence electrons. The molecule has 0 bridgehead atoms. The molecule has 0 aliphatic heterocycles. The van der Waals surface area contributed by atoms with Gasteiger partial charge in [0.2, 0.25) is 10.0 Å². The van der Waals surface area contributed by atoms with Crippen LogP contribution in [0.25, 0.3) is 0 Å². The van der Waals surface area contributed by atoms with E-state index in [4.69, 9.17) is 0 Å². The summed E-state index contributed by atoms with van der Waals surface area (Å²) in [5.41, 5.74) is 0.